The molecule has 1 aliphatic rings. The van der Waals surface area contributed by atoms with Crippen molar-refractivity contribution in [1.29, 1.82) is 0 Å². The van der Waals surface area contributed by atoms with Crippen molar-refractivity contribution in [3.05, 3.63) is 17.4 Å². The van der Waals surface area contributed by atoms with Gasteiger partial charge in [0.2, 0.25) is 5.91 Å². The quantitative estimate of drug-likeness (QED) is 0.787. The molecule has 1 aliphatic heterocycles. The number of hydrogen-bond acceptors (Lipinski definition) is 3. The molecule has 1 fully saturated rings. The Labute approximate surface area is 131 Å². The zero-order valence-corrected chi connectivity index (χ0v) is 13.5. The fourth-order valence-corrected chi connectivity index (χ4v) is 2.84. The van der Waals surface area contributed by atoms with E-state index in [1.807, 2.05) is 10.9 Å². The van der Waals surface area contributed by atoms with Crippen molar-refractivity contribution < 1.29 is 4.79 Å². The molecule has 0 bridgehead atoms. The molecule has 21 heavy (non-hydrogen) atoms. The molecule has 0 aliphatic carbocycles. The van der Waals surface area contributed by atoms with Crippen molar-refractivity contribution in [3.8, 4) is 0 Å². The molecule has 5 nitrogen and oxygen atoms in total. The number of nitrogens with one attached hydrogen (secondary N) is 1. The fraction of sp³-hybridized carbons (Fsp3) is 0.733. The van der Waals surface area contributed by atoms with Crippen LogP contribution in [0.2, 0.25) is 5.02 Å². The van der Waals surface area contributed by atoms with Gasteiger partial charge in [0.25, 0.3) is 0 Å². The molecule has 2 heterocycles. The van der Waals surface area contributed by atoms with Gasteiger partial charge in [-0.3, -0.25) is 14.4 Å². The van der Waals surface area contributed by atoms with E-state index < -0.39 is 0 Å². The first-order chi connectivity index (χ1) is 10.2. The van der Waals surface area contributed by atoms with Gasteiger partial charge in [-0.05, 0) is 19.3 Å². The minimum Gasteiger partial charge on any atom is -0.356 e. The lowest BCUT2D eigenvalue weighted by atomic mass is 9.96. The van der Waals surface area contributed by atoms with Crippen LogP contribution in [0.5, 0.6) is 0 Å². The van der Waals surface area contributed by atoms with Gasteiger partial charge in [-0.15, -0.1) is 0 Å². The van der Waals surface area contributed by atoms with Crippen LogP contribution >= 0.6 is 11.6 Å². The molecule has 1 aromatic rings. The number of piperidine rings is 1. The van der Waals surface area contributed by atoms with Gasteiger partial charge < -0.3 is 5.32 Å². The molecule has 1 amide bonds. The maximum Gasteiger partial charge on any atom is 0.223 e. The van der Waals surface area contributed by atoms with E-state index in [2.05, 4.69) is 22.2 Å². The number of hydrogen-bond donors (Lipinski definition) is 1. The molecular weight excluding hydrogens is 288 g/mol. The Hall–Kier alpha value is -1.07. The summed E-state index contributed by atoms with van der Waals surface area (Å²) in [6.45, 7) is 5.61. The molecule has 0 aromatic carbocycles. The number of aromatic nitrogens is 2. The molecule has 2 rings (SSSR count). The summed E-state index contributed by atoms with van der Waals surface area (Å²) in [5, 5.41) is 7.91. The summed E-state index contributed by atoms with van der Waals surface area (Å²) in [4.78, 5) is 14.4. The van der Waals surface area contributed by atoms with E-state index in [4.69, 9.17) is 11.6 Å². The number of unbranched alkanes of at least 4 members (excludes halogenated alkanes) is 2. The Morgan fingerprint density at radius 3 is 2.81 bits per heavy atom. The van der Waals surface area contributed by atoms with E-state index in [0.29, 0.717) is 5.02 Å². The maximum atomic E-state index is 12.1. The molecule has 118 valence electrons. The number of likely N-dealkylation sites (tertiary alicyclic amines) is 1. The summed E-state index contributed by atoms with van der Waals surface area (Å²) in [7, 11) is 0. The zero-order valence-electron chi connectivity index (χ0n) is 12.7. The lowest BCUT2D eigenvalue weighted by Gasteiger charge is -2.31. The highest BCUT2D eigenvalue weighted by molar-refractivity contribution is 6.30. The van der Waals surface area contributed by atoms with Crippen LogP contribution in [0.3, 0.4) is 0 Å². The number of rotatable bonds is 7. The Morgan fingerprint density at radius 1 is 1.43 bits per heavy atom. The van der Waals surface area contributed by atoms with Crippen molar-refractivity contribution in [2.24, 2.45) is 5.92 Å². The van der Waals surface area contributed by atoms with Crippen molar-refractivity contribution in [1.82, 2.24) is 20.0 Å². The first-order valence-corrected chi connectivity index (χ1v) is 8.25. The maximum absolute atomic E-state index is 12.1. The average molecular weight is 313 g/mol. The number of halogens is 1. The van der Waals surface area contributed by atoms with E-state index in [0.717, 1.165) is 45.6 Å². The van der Waals surface area contributed by atoms with Crippen molar-refractivity contribution >= 4 is 17.5 Å². The molecule has 6 heteroatoms. The molecule has 1 aromatic heterocycles. The van der Waals surface area contributed by atoms with Gasteiger partial charge in [-0.2, -0.15) is 5.10 Å². The molecule has 1 saturated heterocycles. The molecule has 0 saturated carbocycles. The third-order valence-electron chi connectivity index (χ3n) is 3.98. The average Bonchev–Trinajstić information content (AvgIpc) is 2.89. The minimum atomic E-state index is 0.170. The summed E-state index contributed by atoms with van der Waals surface area (Å²) >= 11 is 5.86. The molecule has 0 atom stereocenters. The predicted octanol–water partition coefficient (Wildman–Crippen LogP) is 2.51. The van der Waals surface area contributed by atoms with Crippen LogP contribution in [0.1, 0.15) is 39.0 Å². The third-order valence-corrected chi connectivity index (χ3v) is 4.18. The molecular formula is C15H25ClN4O. The second-order valence-corrected chi connectivity index (χ2v) is 6.17. The van der Waals surface area contributed by atoms with Crippen LogP contribution in [0, 0.1) is 5.92 Å². The van der Waals surface area contributed by atoms with E-state index in [1.54, 1.807) is 6.20 Å². The van der Waals surface area contributed by atoms with E-state index in [1.165, 1.54) is 12.8 Å². The fourth-order valence-electron chi connectivity index (χ4n) is 2.69. The van der Waals surface area contributed by atoms with Gasteiger partial charge in [0.15, 0.2) is 0 Å². The second-order valence-electron chi connectivity index (χ2n) is 5.73. The van der Waals surface area contributed by atoms with Crippen LogP contribution in [0.4, 0.5) is 0 Å². The number of carbonyl (C=O) groups is 1. The normalized spacial score (nSPS) is 17.0. The van der Waals surface area contributed by atoms with Crippen molar-refractivity contribution in [2.75, 3.05) is 19.6 Å². The largest absolute Gasteiger partial charge is 0.356 e. The highest BCUT2D eigenvalue weighted by atomic mass is 35.5. The third kappa shape index (κ3) is 5.32. The summed E-state index contributed by atoms with van der Waals surface area (Å²) < 4.78 is 1.84. The lowest BCUT2D eigenvalue weighted by molar-refractivity contribution is -0.126. The Balaban J connectivity index is 1.66. The Bertz CT molecular complexity index is 441. The number of amides is 1. The summed E-state index contributed by atoms with van der Waals surface area (Å²) in [6.07, 6.45) is 8.79. The van der Waals surface area contributed by atoms with Gasteiger partial charge in [-0.25, -0.2) is 0 Å². The summed E-state index contributed by atoms with van der Waals surface area (Å²) in [5.41, 5.74) is 0. The molecule has 0 spiro atoms. The Morgan fingerprint density at radius 2 is 2.19 bits per heavy atom. The Kier molecular flexibility index (Phi) is 6.51. The van der Waals surface area contributed by atoms with Gasteiger partial charge in [-0.1, -0.05) is 31.4 Å². The van der Waals surface area contributed by atoms with Crippen LogP contribution < -0.4 is 5.32 Å². The highest BCUT2D eigenvalue weighted by Gasteiger charge is 2.24. The van der Waals surface area contributed by atoms with Gasteiger partial charge in [0.05, 0.1) is 17.9 Å². The monoisotopic (exact) mass is 312 g/mol. The van der Waals surface area contributed by atoms with Crippen LogP contribution in [0.25, 0.3) is 0 Å². The SMILES string of the molecule is CCCCCNC(=O)C1CCN(Cn2cc(Cl)cn2)CC1. The first kappa shape index (κ1) is 16.3. The van der Waals surface area contributed by atoms with Gasteiger partial charge >= 0.3 is 0 Å². The predicted molar refractivity (Wildman–Crippen MR) is 84.1 cm³/mol. The zero-order chi connectivity index (χ0) is 15.1. The molecule has 1 N–H and O–H groups in total. The topological polar surface area (TPSA) is 50.2 Å². The standard InChI is InChI=1S/C15H25ClN4O/c1-2-3-4-7-17-15(21)13-5-8-19(9-6-13)12-20-11-14(16)10-18-20/h10-11,13H,2-9,12H2,1H3,(H,17,21). The lowest BCUT2D eigenvalue weighted by Crippen LogP contribution is -2.41. The van der Waals surface area contributed by atoms with E-state index >= 15 is 0 Å². The van der Waals surface area contributed by atoms with E-state index in [9.17, 15) is 4.79 Å². The van der Waals surface area contributed by atoms with Gasteiger partial charge in [0, 0.05) is 31.7 Å². The number of carbonyl (C=O) groups excluding carboxylic acids is 1. The van der Waals surface area contributed by atoms with Crippen LogP contribution in [-0.2, 0) is 11.5 Å². The second kappa shape index (κ2) is 8.39. The van der Waals surface area contributed by atoms with Crippen molar-refractivity contribution in [2.45, 2.75) is 45.7 Å². The van der Waals surface area contributed by atoms with Crippen LogP contribution in [-0.4, -0.2) is 40.2 Å². The van der Waals surface area contributed by atoms with Gasteiger partial charge in [0.1, 0.15) is 0 Å². The first-order valence-electron chi connectivity index (χ1n) is 7.87. The van der Waals surface area contributed by atoms with Crippen LogP contribution in [0.15, 0.2) is 12.4 Å². The molecule has 0 radical (unpaired) electrons. The molecule has 0 unspecified atom stereocenters. The summed E-state index contributed by atoms with van der Waals surface area (Å²) in [6, 6.07) is 0. The number of nitrogens with zero attached hydrogens (tertiary/aromatic N) is 3. The highest BCUT2D eigenvalue weighted by Crippen LogP contribution is 2.18. The minimum absolute atomic E-state index is 0.170. The summed E-state index contributed by atoms with van der Waals surface area (Å²) in [5.74, 6) is 0.400. The van der Waals surface area contributed by atoms with Crippen molar-refractivity contribution in [3.63, 3.8) is 0 Å². The van der Waals surface area contributed by atoms with E-state index in [-0.39, 0.29) is 11.8 Å². The smallest absolute Gasteiger partial charge is 0.223 e.